The van der Waals surface area contributed by atoms with Crippen molar-refractivity contribution in [2.45, 2.75) is 6.61 Å². The molecule has 3 aromatic carbocycles. The molecule has 0 aliphatic heterocycles. The smallest absolute Gasteiger partial charge is 0.200 e. The second-order valence-corrected chi connectivity index (χ2v) is 5.96. The van der Waals surface area contributed by atoms with E-state index in [9.17, 15) is 9.90 Å². The van der Waals surface area contributed by atoms with E-state index in [0.717, 1.165) is 11.1 Å². The van der Waals surface area contributed by atoms with Crippen LogP contribution in [-0.4, -0.2) is 5.11 Å². The number of phenols is 1. The minimum absolute atomic E-state index is 0.0599. The number of rotatable bonds is 4. The van der Waals surface area contributed by atoms with E-state index in [2.05, 4.69) is 0 Å². The molecule has 0 aliphatic carbocycles. The molecule has 0 radical (unpaired) electrons. The Morgan fingerprint density at radius 1 is 0.923 bits per heavy atom. The van der Waals surface area contributed by atoms with E-state index in [1.807, 2.05) is 54.6 Å². The van der Waals surface area contributed by atoms with Gasteiger partial charge in [0.2, 0.25) is 0 Å². The fourth-order valence-corrected chi connectivity index (χ4v) is 2.81. The molecule has 128 valence electrons. The summed E-state index contributed by atoms with van der Waals surface area (Å²) in [5.41, 5.74) is 2.46. The van der Waals surface area contributed by atoms with Gasteiger partial charge in [0.25, 0.3) is 0 Å². The predicted octanol–water partition coefficient (Wildman–Crippen LogP) is 4.74. The van der Waals surface area contributed by atoms with Crippen LogP contribution >= 0.6 is 0 Å². The van der Waals surface area contributed by atoms with Crippen molar-refractivity contribution in [2.75, 3.05) is 0 Å². The van der Waals surface area contributed by atoms with E-state index in [1.165, 1.54) is 18.4 Å². The Kier molecular flexibility index (Phi) is 4.15. The third-order valence-corrected chi connectivity index (χ3v) is 4.15. The molecule has 1 N–H and O–H groups in total. The van der Waals surface area contributed by atoms with Crippen LogP contribution in [0.1, 0.15) is 5.56 Å². The summed E-state index contributed by atoms with van der Waals surface area (Å²) in [5.74, 6) is 0.737. The molecule has 1 aromatic heterocycles. The van der Waals surface area contributed by atoms with Gasteiger partial charge in [-0.15, -0.1) is 0 Å². The molecule has 0 amide bonds. The van der Waals surface area contributed by atoms with E-state index in [-0.39, 0.29) is 11.2 Å². The summed E-state index contributed by atoms with van der Waals surface area (Å²) in [4.78, 5) is 12.7. The first-order valence-corrected chi connectivity index (χ1v) is 8.22. The van der Waals surface area contributed by atoms with Gasteiger partial charge in [0.05, 0.1) is 10.9 Å². The molecule has 1 heterocycles. The molecule has 4 nitrogen and oxygen atoms in total. The first-order valence-electron chi connectivity index (χ1n) is 8.22. The van der Waals surface area contributed by atoms with Crippen molar-refractivity contribution < 1.29 is 14.3 Å². The van der Waals surface area contributed by atoms with Crippen LogP contribution in [-0.2, 0) is 6.61 Å². The lowest BCUT2D eigenvalue weighted by atomic mass is 10.1. The quantitative estimate of drug-likeness (QED) is 0.581. The fraction of sp³-hybridized carbons (Fsp3) is 0.0455. The van der Waals surface area contributed by atoms with Crippen LogP contribution in [0.5, 0.6) is 11.5 Å². The Morgan fingerprint density at radius 3 is 2.62 bits per heavy atom. The van der Waals surface area contributed by atoms with E-state index in [1.54, 1.807) is 6.07 Å². The molecule has 0 saturated heterocycles. The Bertz CT molecular complexity index is 1110. The molecule has 0 unspecified atom stereocenters. The topological polar surface area (TPSA) is 59.7 Å². The van der Waals surface area contributed by atoms with Gasteiger partial charge < -0.3 is 14.3 Å². The minimum Gasteiger partial charge on any atom is -0.508 e. The molecule has 4 heteroatoms. The normalized spacial score (nSPS) is 10.8. The summed E-state index contributed by atoms with van der Waals surface area (Å²) in [7, 11) is 0. The van der Waals surface area contributed by atoms with Crippen molar-refractivity contribution in [1.29, 1.82) is 0 Å². The lowest BCUT2D eigenvalue weighted by molar-refractivity contribution is 0.306. The zero-order valence-electron chi connectivity index (χ0n) is 13.9. The van der Waals surface area contributed by atoms with Gasteiger partial charge in [0.15, 0.2) is 5.43 Å². The molecule has 0 fully saturated rings. The molecule has 4 aromatic rings. The van der Waals surface area contributed by atoms with Gasteiger partial charge >= 0.3 is 0 Å². The lowest BCUT2D eigenvalue weighted by Gasteiger charge is -2.08. The maximum Gasteiger partial charge on any atom is 0.200 e. The SMILES string of the molecule is O=c1c(-c2cccc(OCc3ccccc3)c2)coc2cc(O)ccc12. The van der Waals surface area contributed by atoms with Crippen LogP contribution in [0.2, 0.25) is 0 Å². The number of benzene rings is 3. The van der Waals surface area contributed by atoms with Crippen molar-refractivity contribution in [3.8, 4) is 22.6 Å². The number of hydrogen-bond acceptors (Lipinski definition) is 4. The Labute approximate surface area is 149 Å². The second-order valence-electron chi connectivity index (χ2n) is 5.96. The summed E-state index contributed by atoms with van der Waals surface area (Å²) < 4.78 is 11.4. The van der Waals surface area contributed by atoms with Gasteiger partial charge in [0.1, 0.15) is 30.0 Å². The molecule has 0 spiro atoms. The Hall–Kier alpha value is -3.53. The Morgan fingerprint density at radius 2 is 1.77 bits per heavy atom. The van der Waals surface area contributed by atoms with Crippen LogP contribution in [0.25, 0.3) is 22.1 Å². The van der Waals surface area contributed by atoms with E-state index in [0.29, 0.717) is 28.9 Å². The third kappa shape index (κ3) is 3.17. The summed E-state index contributed by atoms with van der Waals surface area (Å²) in [6.07, 6.45) is 1.42. The first-order chi connectivity index (χ1) is 12.7. The lowest BCUT2D eigenvalue weighted by Crippen LogP contribution is -2.04. The van der Waals surface area contributed by atoms with Crippen LogP contribution in [0.4, 0.5) is 0 Å². The molecule has 0 atom stereocenters. The Balaban J connectivity index is 1.66. The molecular formula is C22H16O4. The highest BCUT2D eigenvalue weighted by Crippen LogP contribution is 2.25. The van der Waals surface area contributed by atoms with Crippen LogP contribution in [0.15, 0.2) is 88.3 Å². The largest absolute Gasteiger partial charge is 0.508 e. The number of phenolic OH excluding ortho intramolecular Hbond substituents is 1. The summed E-state index contributed by atoms with van der Waals surface area (Å²) >= 11 is 0. The minimum atomic E-state index is -0.147. The fourth-order valence-electron chi connectivity index (χ4n) is 2.81. The van der Waals surface area contributed by atoms with Gasteiger partial charge in [-0.1, -0.05) is 42.5 Å². The van der Waals surface area contributed by atoms with Gasteiger partial charge in [-0.3, -0.25) is 4.79 Å². The van der Waals surface area contributed by atoms with Crippen LogP contribution in [0.3, 0.4) is 0 Å². The average molecular weight is 344 g/mol. The summed E-state index contributed by atoms with van der Waals surface area (Å²) in [6.45, 7) is 0.454. The monoisotopic (exact) mass is 344 g/mol. The van der Waals surface area contributed by atoms with Gasteiger partial charge in [-0.25, -0.2) is 0 Å². The average Bonchev–Trinajstić information content (AvgIpc) is 2.67. The molecule has 0 bridgehead atoms. The highest BCUT2D eigenvalue weighted by molar-refractivity contribution is 5.82. The number of aromatic hydroxyl groups is 1. The van der Waals surface area contributed by atoms with Crippen molar-refractivity contribution in [3.05, 3.63) is 94.8 Å². The van der Waals surface area contributed by atoms with E-state index >= 15 is 0 Å². The number of ether oxygens (including phenoxy) is 1. The number of fused-ring (bicyclic) bond motifs is 1. The third-order valence-electron chi connectivity index (χ3n) is 4.15. The van der Waals surface area contributed by atoms with E-state index in [4.69, 9.17) is 9.15 Å². The van der Waals surface area contributed by atoms with E-state index < -0.39 is 0 Å². The molecule has 0 saturated carbocycles. The summed E-state index contributed by atoms with van der Waals surface area (Å²) in [5, 5.41) is 9.95. The maximum atomic E-state index is 12.7. The molecule has 26 heavy (non-hydrogen) atoms. The zero-order chi connectivity index (χ0) is 17.9. The zero-order valence-corrected chi connectivity index (χ0v) is 13.9. The highest BCUT2D eigenvalue weighted by Gasteiger charge is 2.10. The first kappa shape index (κ1) is 16.0. The standard InChI is InChI=1S/C22H16O4/c23-17-9-10-19-21(12-17)26-14-20(22(19)24)16-7-4-8-18(11-16)25-13-15-5-2-1-3-6-15/h1-12,14,23H,13H2. The maximum absolute atomic E-state index is 12.7. The predicted molar refractivity (Wildman–Crippen MR) is 100 cm³/mol. The second kappa shape index (κ2) is 6.76. The van der Waals surface area contributed by atoms with Crippen LogP contribution < -0.4 is 10.2 Å². The molecule has 4 rings (SSSR count). The van der Waals surface area contributed by atoms with Crippen LogP contribution in [0, 0.1) is 0 Å². The number of hydrogen-bond donors (Lipinski definition) is 1. The van der Waals surface area contributed by atoms with Gasteiger partial charge in [0, 0.05) is 6.07 Å². The van der Waals surface area contributed by atoms with Crippen molar-refractivity contribution in [1.82, 2.24) is 0 Å². The van der Waals surface area contributed by atoms with Crippen molar-refractivity contribution in [2.24, 2.45) is 0 Å². The van der Waals surface area contributed by atoms with Gasteiger partial charge in [-0.05, 0) is 35.4 Å². The van der Waals surface area contributed by atoms with Crippen molar-refractivity contribution >= 4 is 11.0 Å². The highest BCUT2D eigenvalue weighted by atomic mass is 16.5. The summed E-state index contributed by atoms with van der Waals surface area (Å²) in [6, 6.07) is 21.7. The molecule has 0 aliphatic rings. The molecular weight excluding hydrogens is 328 g/mol. The van der Waals surface area contributed by atoms with Crippen molar-refractivity contribution in [3.63, 3.8) is 0 Å². The van der Waals surface area contributed by atoms with Gasteiger partial charge in [-0.2, -0.15) is 0 Å².